The van der Waals surface area contributed by atoms with E-state index in [1.54, 1.807) is 11.8 Å². The molecule has 2 unspecified atom stereocenters. The van der Waals surface area contributed by atoms with Gasteiger partial charge in [-0.25, -0.2) is 0 Å². The number of aliphatic hydroxyl groups is 1. The van der Waals surface area contributed by atoms with Gasteiger partial charge in [0, 0.05) is 22.8 Å². The van der Waals surface area contributed by atoms with Gasteiger partial charge in [-0.2, -0.15) is 11.8 Å². The monoisotopic (exact) mass is 317 g/mol. The van der Waals surface area contributed by atoms with E-state index in [-0.39, 0.29) is 6.04 Å². The number of hydrogen-bond donors (Lipinski definition) is 2. The van der Waals surface area contributed by atoms with Gasteiger partial charge < -0.3 is 10.4 Å². The highest BCUT2D eigenvalue weighted by molar-refractivity contribution is 9.10. The molecule has 0 aliphatic carbocycles. The highest BCUT2D eigenvalue weighted by Crippen LogP contribution is 2.23. The Labute approximate surface area is 116 Å². The van der Waals surface area contributed by atoms with E-state index in [0.29, 0.717) is 6.54 Å². The number of halogens is 1. The quantitative estimate of drug-likeness (QED) is 0.845. The van der Waals surface area contributed by atoms with Crippen molar-refractivity contribution in [1.82, 2.24) is 5.32 Å². The molecule has 0 bridgehead atoms. The second kappa shape index (κ2) is 6.78. The van der Waals surface area contributed by atoms with Crippen LogP contribution in [0.25, 0.3) is 0 Å². The Morgan fingerprint density at radius 2 is 2.12 bits per heavy atom. The lowest BCUT2D eigenvalue weighted by atomic mass is 10.1. The van der Waals surface area contributed by atoms with Crippen molar-refractivity contribution in [2.24, 2.45) is 0 Å². The number of thioether (sulfide) groups is 1. The van der Waals surface area contributed by atoms with Crippen LogP contribution in [-0.2, 0) is 0 Å². The first kappa shape index (κ1) is 15.0. The summed E-state index contributed by atoms with van der Waals surface area (Å²) in [6.07, 6.45) is 2.01. The van der Waals surface area contributed by atoms with E-state index < -0.39 is 5.60 Å². The summed E-state index contributed by atoms with van der Waals surface area (Å²) in [5, 5.41) is 13.5. The predicted molar refractivity (Wildman–Crippen MR) is 79.6 cm³/mol. The Hall–Kier alpha value is -0.0300. The summed E-state index contributed by atoms with van der Waals surface area (Å²) in [5.74, 6) is 0.739. The molecule has 1 aromatic carbocycles. The molecule has 2 atom stereocenters. The van der Waals surface area contributed by atoms with E-state index in [1.807, 2.05) is 31.4 Å². The molecule has 4 heteroatoms. The number of rotatable bonds is 6. The van der Waals surface area contributed by atoms with Gasteiger partial charge in [-0.1, -0.05) is 34.1 Å². The van der Waals surface area contributed by atoms with Gasteiger partial charge in [-0.3, -0.25) is 0 Å². The van der Waals surface area contributed by atoms with Gasteiger partial charge in [-0.15, -0.1) is 0 Å². The van der Waals surface area contributed by atoms with E-state index in [2.05, 4.69) is 34.2 Å². The zero-order valence-corrected chi connectivity index (χ0v) is 12.9. The Morgan fingerprint density at radius 1 is 1.47 bits per heavy atom. The van der Waals surface area contributed by atoms with Crippen LogP contribution >= 0.6 is 27.7 Å². The summed E-state index contributed by atoms with van der Waals surface area (Å²) < 4.78 is 1.10. The van der Waals surface area contributed by atoms with Gasteiger partial charge in [0.25, 0.3) is 0 Å². The molecule has 0 fully saturated rings. The highest BCUT2D eigenvalue weighted by Gasteiger charge is 2.20. The van der Waals surface area contributed by atoms with Crippen LogP contribution in [0.1, 0.15) is 25.5 Å². The number of nitrogens with one attached hydrogen (secondary N) is 1. The molecule has 0 amide bonds. The first-order valence-corrected chi connectivity index (χ1v) is 7.84. The molecular formula is C13H20BrNOS. The summed E-state index contributed by atoms with van der Waals surface area (Å²) in [6, 6.07) is 8.38. The fraction of sp³-hybridized carbons (Fsp3) is 0.538. The molecular weight excluding hydrogens is 298 g/mol. The minimum absolute atomic E-state index is 0.221. The molecule has 1 rings (SSSR count). The van der Waals surface area contributed by atoms with E-state index >= 15 is 0 Å². The molecule has 2 nitrogen and oxygen atoms in total. The Bertz CT molecular complexity index is 357. The topological polar surface area (TPSA) is 32.3 Å². The van der Waals surface area contributed by atoms with Crippen LogP contribution in [0.15, 0.2) is 28.7 Å². The van der Waals surface area contributed by atoms with E-state index in [1.165, 1.54) is 5.56 Å². The fourth-order valence-electron chi connectivity index (χ4n) is 1.67. The van der Waals surface area contributed by atoms with Crippen LogP contribution in [0.2, 0.25) is 0 Å². The van der Waals surface area contributed by atoms with Crippen molar-refractivity contribution in [1.29, 1.82) is 0 Å². The summed E-state index contributed by atoms with van der Waals surface area (Å²) >= 11 is 5.20. The Kier molecular flexibility index (Phi) is 6.00. The maximum absolute atomic E-state index is 10.1. The highest BCUT2D eigenvalue weighted by atomic mass is 79.9. The standard InChI is InChI=1S/C13H20BrNOS/c1-10(11-6-4-5-7-12(11)14)15-8-13(2,16)9-17-3/h4-7,10,15-16H,8-9H2,1-3H3. The fourth-order valence-corrected chi connectivity index (χ4v) is 3.02. The molecule has 0 aromatic heterocycles. The normalized spacial score (nSPS) is 16.5. The van der Waals surface area contributed by atoms with Gasteiger partial charge in [0.15, 0.2) is 0 Å². The lowest BCUT2D eigenvalue weighted by Gasteiger charge is -2.25. The van der Waals surface area contributed by atoms with Gasteiger partial charge in [0.05, 0.1) is 5.60 Å². The van der Waals surface area contributed by atoms with E-state index in [4.69, 9.17) is 0 Å². The summed E-state index contributed by atoms with van der Waals surface area (Å²) in [6.45, 7) is 4.56. The van der Waals surface area contributed by atoms with Crippen LogP contribution in [-0.4, -0.2) is 29.3 Å². The first-order valence-electron chi connectivity index (χ1n) is 5.65. The second-order valence-corrected chi connectivity index (χ2v) is 6.27. The number of hydrogen-bond acceptors (Lipinski definition) is 3. The SMILES string of the molecule is CSCC(C)(O)CNC(C)c1ccccc1Br. The van der Waals surface area contributed by atoms with Gasteiger partial charge in [0.2, 0.25) is 0 Å². The molecule has 0 saturated carbocycles. The average Bonchev–Trinajstić information content (AvgIpc) is 2.27. The van der Waals surface area contributed by atoms with Crippen molar-refractivity contribution in [3.05, 3.63) is 34.3 Å². The van der Waals surface area contributed by atoms with Gasteiger partial charge in [0.1, 0.15) is 0 Å². The predicted octanol–water partition coefficient (Wildman–Crippen LogP) is 3.21. The van der Waals surface area contributed by atoms with E-state index in [0.717, 1.165) is 10.2 Å². The molecule has 0 radical (unpaired) electrons. The molecule has 0 spiro atoms. The third kappa shape index (κ3) is 5.00. The second-order valence-electron chi connectivity index (χ2n) is 4.55. The van der Waals surface area contributed by atoms with E-state index in [9.17, 15) is 5.11 Å². The van der Waals surface area contributed by atoms with Gasteiger partial charge >= 0.3 is 0 Å². The molecule has 1 aromatic rings. The van der Waals surface area contributed by atoms with Crippen molar-refractivity contribution < 1.29 is 5.11 Å². The number of benzene rings is 1. The molecule has 17 heavy (non-hydrogen) atoms. The summed E-state index contributed by atoms with van der Waals surface area (Å²) in [4.78, 5) is 0. The Morgan fingerprint density at radius 3 is 2.71 bits per heavy atom. The van der Waals surface area contributed by atoms with Crippen LogP contribution < -0.4 is 5.32 Å². The Balaban J connectivity index is 2.56. The van der Waals surface area contributed by atoms with Crippen molar-refractivity contribution in [3.8, 4) is 0 Å². The zero-order valence-electron chi connectivity index (χ0n) is 10.5. The smallest absolute Gasteiger partial charge is 0.0833 e. The third-order valence-corrected chi connectivity index (χ3v) is 4.25. The van der Waals surface area contributed by atoms with Crippen LogP contribution in [0.4, 0.5) is 0 Å². The van der Waals surface area contributed by atoms with Crippen LogP contribution in [0.5, 0.6) is 0 Å². The molecule has 0 aliphatic rings. The van der Waals surface area contributed by atoms with Crippen molar-refractivity contribution in [3.63, 3.8) is 0 Å². The van der Waals surface area contributed by atoms with Crippen molar-refractivity contribution >= 4 is 27.7 Å². The average molecular weight is 318 g/mol. The molecule has 0 aliphatic heterocycles. The maximum Gasteiger partial charge on any atom is 0.0833 e. The minimum Gasteiger partial charge on any atom is -0.388 e. The maximum atomic E-state index is 10.1. The molecule has 0 saturated heterocycles. The summed E-state index contributed by atoms with van der Waals surface area (Å²) in [5.41, 5.74) is 0.557. The lowest BCUT2D eigenvalue weighted by Crippen LogP contribution is -2.40. The van der Waals surface area contributed by atoms with Crippen LogP contribution in [0.3, 0.4) is 0 Å². The summed E-state index contributed by atoms with van der Waals surface area (Å²) in [7, 11) is 0. The third-order valence-electron chi connectivity index (χ3n) is 2.62. The molecule has 0 heterocycles. The largest absolute Gasteiger partial charge is 0.388 e. The zero-order chi connectivity index (χ0) is 12.9. The molecule has 2 N–H and O–H groups in total. The first-order chi connectivity index (χ1) is 7.96. The van der Waals surface area contributed by atoms with Crippen molar-refractivity contribution in [2.75, 3.05) is 18.6 Å². The van der Waals surface area contributed by atoms with Crippen LogP contribution in [0, 0.1) is 0 Å². The lowest BCUT2D eigenvalue weighted by molar-refractivity contribution is 0.0820. The van der Waals surface area contributed by atoms with Crippen molar-refractivity contribution in [2.45, 2.75) is 25.5 Å². The molecule has 96 valence electrons. The minimum atomic E-state index is -0.658. The van der Waals surface area contributed by atoms with Gasteiger partial charge in [-0.05, 0) is 31.7 Å².